The number of nitrogens with one attached hydrogen (secondary N) is 1. The molecule has 0 saturated carbocycles. The van der Waals surface area contributed by atoms with Gasteiger partial charge in [0.2, 0.25) is 0 Å². The zero-order valence-corrected chi connectivity index (χ0v) is 16.3. The molecule has 2 atom stereocenters. The largest absolute Gasteiger partial charge is 0.309 e. The summed E-state index contributed by atoms with van der Waals surface area (Å²) in [7, 11) is 2.16. The molecule has 0 spiro atoms. The van der Waals surface area contributed by atoms with Crippen molar-refractivity contribution in [3.63, 3.8) is 0 Å². The lowest BCUT2D eigenvalue weighted by molar-refractivity contribution is 0.158. The number of piperazine rings is 1. The summed E-state index contributed by atoms with van der Waals surface area (Å²) in [4.78, 5) is 4.93. The number of hydrogen-bond donors (Lipinski definition) is 1. The smallest absolute Gasteiger partial charge is 0.0524 e. The van der Waals surface area contributed by atoms with E-state index in [0.717, 1.165) is 31.2 Å². The predicted octanol–water partition coefficient (Wildman–Crippen LogP) is 2.58. The molecule has 5 heteroatoms. The minimum Gasteiger partial charge on any atom is -0.309 e. The van der Waals surface area contributed by atoms with Gasteiger partial charge in [0.1, 0.15) is 0 Å². The molecule has 0 radical (unpaired) electrons. The number of fused-ring (bicyclic) bond motifs is 3. The molecule has 2 fully saturated rings. The van der Waals surface area contributed by atoms with Crippen molar-refractivity contribution < 1.29 is 0 Å². The van der Waals surface area contributed by atoms with Crippen molar-refractivity contribution in [3.05, 3.63) is 18.0 Å². The van der Waals surface area contributed by atoms with Crippen molar-refractivity contribution in [1.29, 1.82) is 0 Å². The highest BCUT2D eigenvalue weighted by Crippen LogP contribution is 2.21. The summed E-state index contributed by atoms with van der Waals surface area (Å²) in [5.41, 5.74) is 1.34. The fourth-order valence-electron chi connectivity index (χ4n) is 3.79. The second-order valence-corrected chi connectivity index (χ2v) is 7.32. The van der Waals surface area contributed by atoms with Crippen LogP contribution in [0.1, 0.15) is 52.7 Å². The molecule has 0 aromatic carbocycles. The van der Waals surface area contributed by atoms with Crippen LogP contribution in [-0.4, -0.2) is 64.4 Å². The molecule has 1 N–H and O–H groups in total. The van der Waals surface area contributed by atoms with Crippen LogP contribution < -0.4 is 5.32 Å². The van der Waals surface area contributed by atoms with Gasteiger partial charge in [-0.25, -0.2) is 0 Å². The van der Waals surface area contributed by atoms with Crippen molar-refractivity contribution in [1.82, 2.24) is 24.9 Å². The molecule has 4 heterocycles. The Bertz CT molecular complexity index is 458. The number of hydrogen-bond acceptors (Lipinski definition) is 4. The quantitative estimate of drug-likeness (QED) is 0.856. The average molecular weight is 336 g/mol. The van der Waals surface area contributed by atoms with E-state index in [9.17, 15) is 0 Å². The van der Waals surface area contributed by atoms with Gasteiger partial charge in [-0.15, -0.1) is 0 Å². The van der Waals surface area contributed by atoms with Crippen LogP contribution in [0.15, 0.2) is 12.3 Å². The molecule has 0 amide bonds. The summed E-state index contributed by atoms with van der Waals surface area (Å²) in [6.45, 7) is 14.4. The number of rotatable bonds is 1. The Hall–Kier alpha value is -0.910. The summed E-state index contributed by atoms with van der Waals surface area (Å²) in [6.07, 6.45) is 5.89. The molecule has 5 nitrogen and oxygen atoms in total. The summed E-state index contributed by atoms with van der Waals surface area (Å²) >= 11 is 0. The van der Waals surface area contributed by atoms with Gasteiger partial charge < -0.3 is 10.2 Å². The maximum atomic E-state index is 4.24. The molecule has 1 aromatic heterocycles. The fourth-order valence-corrected chi connectivity index (χ4v) is 3.79. The van der Waals surface area contributed by atoms with Gasteiger partial charge in [-0.1, -0.05) is 13.8 Å². The number of aryl methyl sites for hydroxylation is 1. The standard InChI is InChI=1S/C9H18N2.C8H13N3.C2H6/c1-7(2)11-5-8-3-4-9(6-11)10-8;1-10-5-2-6-11-8(7-10)3-4-9-11;1-2/h7-10H,3-6H2,1-2H3;3-4H,2,5-7H2,1H3;1-2H3. The first-order valence-electron chi connectivity index (χ1n) is 9.81. The lowest BCUT2D eigenvalue weighted by Crippen LogP contribution is -2.53. The Morgan fingerprint density at radius 3 is 2.42 bits per heavy atom. The van der Waals surface area contributed by atoms with Gasteiger partial charge in [-0.05, 0) is 46.2 Å². The molecule has 138 valence electrons. The Morgan fingerprint density at radius 2 is 1.79 bits per heavy atom. The van der Waals surface area contributed by atoms with E-state index in [1.807, 2.05) is 20.0 Å². The Morgan fingerprint density at radius 1 is 1.12 bits per heavy atom. The maximum absolute atomic E-state index is 4.24. The normalized spacial score (nSPS) is 26.8. The van der Waals surface area contributed by atoms with Crippen LogP contribution in [-0.2, 0) is 13.1 Å². The van der Waals surface area contributed by atoms with Gasteiger partial charge in [0, 0.05) is 57.0 Å². The summed E-state index contributed by atoms with van der Waals surface area (Å²) in [6, 6.07) is 4.44. The summed E-state index contributed by atoms with van der Waals surface area (Å²) < 4.78 is 2.10. The van der Waals surface area contributed by atoms with Crippen LogP contribution >= 0.6 is 0 Å². The third kappa shape index (κ3) is 5.30. The first kappa shape index (κ1) is 19.4. The number of aromatic nitrogens is 2. The molecule has 4 rings (SSSR count). The van der Waals surface area contributed by atoms with Crippen LogP contribution in [0, 0.1) is 0 Å². The third-order valence-corrected chi connectivity index (χ3v) is 5.12. The van der Waals surface area contributed by atoms with E-state index in [2.05, 4.69) is 51.9 Å². The Kier molecular flexibility index (Phi) is 7.72. The molecule has 2 bridgehead atoms. The highest BCUT2D eigenvalue weighted by atomic mass is 15.3. The lowest BCUT2D eigenvalue weighted by Gasteiger charge is -2.35. The maximum Gasteiger partial charge on any atom is 0.0524 e. The van der Waals surface area contributed by atoms with Crippen LogP contribution in [0.25, 0.3) is 0 Å². The van der Waals surface area contributed by atoms with Crippen LogP contribution in [0.2, 0.25) is 0 Å². The van der Waals surface area contributed by atoms with E-state index in [-0.39, 0.29) is 0 Å². The Balaban J connectivity index is 0.000000158. The van der Waals surface area contributed by atoms with Crippen LogP contribution in [0.5, 0.6) is 0 Å². The summed E-state index contributed by atoms with van der Waals surface area (Å²) in [5, 5.41) is 7.87. The highest BCUT2D eigenvalue weighted by molar-refractivity contribution is 5.01. The van der Waals surface area contributed by atoms with E-state index in [1.54, 1.807) is 0 Å². The van der Waals surface area contributed by atoms with Crippen molar-refractivity contribution >= 4 is 0 Å². The van der Waals surface area contributed by atoms with E-state index < -0.39 is 0 Å². The third-order valence-electron chi connectivity index (χ3n) is 5.12. The zero-order chi connectivity index (χ0) is 17.5. The molecule has 0 aliphatic carbocycles. The SMILES string of the molecule is CC.CC(C)N1CC2CCC(C1)N2.CN1CCCn2nccc2C1. The number of likely N-dealkylation sites (tertiary alicyclic amines) is 1. The number of nitrogens with zero attached hydrogens (tertiary/aromatic N) is 4. The van der Waals surface area contributed by atoms with Crippen molar-refractivity contribution in [2.45, 2.75) is 78.2 Å². The molecule has 2 saturated heterocycles. The lowest BCUT2D eigenvalue weighted by atomic mass is 10.2. The topological polar surface area (TPSA) is 36.3 Å². The molecule has 2 unspecified atom stereocenters. The van der Waals surface area contributed by atoms with Crippen molar-refractivity contribution in [2.24, 2.45) is 0 Å². The van der Waals surface area contributed by atoms with E-state index in [1.165, 1.54) is 44.6 Å². The first-order chi connectivity index (χ1) is 11.6. The first-order valence-corrected chi connectivity index (χ1v) is 9.81. The van der Waals surface area contributed by atoms with Crippen LogP contribution in [0.3, 0.4) is 0 Å². The summed E-state index contributed by atoms with van der Waals surface area (Å²) in [5.74, 6) is 0. The zero-order valence-electron chi connectivity index (χ0n) is 16.3. The van der Waals surface area contributed by atoms with Gasteiger partial charge >= 0.3 is 0 Å². The van der Waals surface area contributed by atoms with Crippen LogP contribution in [0.4, 0.5) is 0 Å². The second kappa shape index (κ2) is 9.54. The van der Waals surface area contributed by atoms with Gasteiger partial charge in [-0.2, -0.15) is 5.10 Å². The van der Waals surface area contributed by atoms with E-state index >= 15 is 0 Å². The predicted molar refractivity (Wildman–Crippen MR) is 101 cm³/mol. The second-order valence-electron chi connectivity index (χ2n) is 7.32. The van der Waals surface area contributed by atoms with Gasteiger partial charge in [0.25, 0.3) is 0 Å². The van der Waals surface area contributed by atoms with Crippen molar-refractivity contribution in [3.8, 4) is 0 Å². The Labute approximate surface area is 148 Å². The molecular formula is C19H37N5. The minimum atomic E-state index is 0.736. The molecule has 3 aliphatic rings. The van der Waals surface area contributed by atoms with Gasteiger partial charge in [0.15, 0.2) is 0 Å². The molecular weight excluding hydrogens is 298 g/mol. The average Bonchev–Trinajstić information content (AvgIpc) is 3.11. The highest BCUT2D eigenvalue weighted by Gasteiger charge is 2.32. The molecule has 1 aromatic rings. The van der Waals surface area contributed by atoms with E-state index in [4.69, 9.17) is 0 Å². The fraction of sp³-hybridized carbons (Fsp3) is 0.842. The monoisotopic (exact) mass is 335 g/mol. The van der Waals surface area contributed by atoms with Gasteiger partial charge in [0.05, 0.1) is 5.69 Å². The van der Waals surface area contributed by atoms with E-state index in [0.29, 0.717) is 0 Å². The molecule has 24 heavy (non-hydrogen) atoms. The van der Waals surface area contributed by atoms with Gasteiger partial charge in [-0.3, -0.25) is 9.58 Å². The minimum absolute atomic E-state index is 0.736. The molecule has 3 aliphatic heterocycles. The van der Waals surface area contributed by atoms with Crippen molar-refractivity contribution in [2.75, 3.05) is 26.7 Å².